The lowest BCUT2D eigenvalue weighted by molar-refractivity contribution is 0.403. The molecule has 0 fully saturated rings. The fourth-order valence-corrected chi connectivity index (χ4v) is 17.2. The second kappa shape index (κ2) is 18.3. The van der Waals surface area contributed by atoms with Crippen LogP contribution in [0.3, 0.4) is 0 Å². The summed E-state index contributed by atoms with van der Waals surface area (Å²) in [4.78, 5) is 7.99. The van der Waals surface area contributed by atoms with E-state index in [0.717, 1.165) is 23.5 Å². The maximum atomic E-state index is 2.73. The molecule has 0 saturated carbocycles. The molecule has 5 heteroatoms. The topological polar surface area (TPSA) is 9.72 Å². The number of hydrogen-bond acceptors (Lipinski definition) is 4. The molecule has 0 N–H and O–H groups in total. The van der Waals surface area contributed by atoms with E-state index in [1.165, 1.54) is 126 Å². The normalized spacial score (nSPS) is 16.8. The van der Waals surface area contributed by atoms with Crippen LogP contribution in [0, 0.1) is 6.92 Å². The molecule has 0 atom stereocenters. The van der Waals surface area contributed by atoms with Crippen molar-refractivity contribution in [1.29, 1.82) is 0 Å². The fraction of sp³-hybridized carbons (Fsp3) is 0.325. The molecule has 0 saturated heterocycles. The number of benzene rings is 9. The van der Waals surface area contributed by atoms with Crippen LogP contribution >= 0.6 is 11.3 Å². The monoisotopic (exact) mass is 1130 g/mol. The van der Waals surface area contributed by atoms with Crippen molar-refractivity contribution >= 4 is 106 Å². The third-order valence-corrected chi connectivity index (χ3v) is 21.7. The predicted octanol–water partition coefficient (Wildman–Crippen LogP) is 20.7. The third-order valence-electron chi connectivity index (χ3n) is 20.5. The number of fused-ring (bicyclic) bond motifs is 10. The number of nitrogens with zero attached hydrogens (tertiary/aromatic N) is 3. The van der Waals surface area contributed by atoms with E-state index in [4.69, 9.17) is 0 Å². The van der Waals surface area contributed by atoms with Crippen molar-refractivity contribution in [2.75, 3.05) is 14.7 Å². The van der Waals surface area contributed by atoms with Gasteiger partial charge in [0.2, 0.25) is 0 Å². The minimum atomic E-state index is -0.275. The van der Waals surface area contributed by atoms with E-state index < -0.39 is 0 Å². The summed E-state index contributed by atoms with van der Waals surface area (Å²) in [5.74, 6) is 0. The van der Waals surface area contributed by atoms with E-state index in [0.29, 0.717) is 0 Å². The van der Waals surface area contributed by atoms with Crippen LogP contribution in [-0.4, -0.2) is 6.71 Å². The highest BCUT2D eigenvalue weighted by Gasteiger charge is 2.50. The molecule has 0 radical (unpaired) electrons. The second-order valence-corrected chi connectivity index (χ2v) is 32.1. The summed E-state index contributed by atoms with van der Waals surface area (Å²) in [5, 5.41) is 2.59. The molecule has 0 amide bonds. The van der Waals surface area contributed by atoms with Gasteiger partial charge in [-0.3, -0.25) is 0 Å². The van der Waals surface area contributed by atoms with Crippen molar-refractivity contribution in [2.24, 2.45) is 0 Å². The Balaban J connectivity index is 1.16. The van der Waals surface area contributed by atoms with Crippen LogP contribution < -0.4 is 31.1 Å². The van der Waals surface area contributed by atoms with Gasteiger partial charge in [-0.2, -0.15) is 0 Å². The number of aryl methyl sites for hydroxylation is 1. The fourth-order valence-electron chi connectivity index (χ4n) is 16.0. The summed E-state index contributed by atoms with van der Waals surface area (Å²) in [6.07, 6.45) is 1.10. The van der Waals surface area contributed by atoms with Crippen LogP contribution in [0.4, 0.5) is 51.2 Å². The van der Waals surface area contributed by atoms with Crippen LogP contribution in [-0.2, 0) is 37.9 Å². The lowest BCUT2D eigenvalue weighted by Gasteiger charge is -2.48. The van der Waals surface area contributed by atoms with Crippen molar-refractivity contribution < 1.29 is 0 Å². The van der Waals surface area contributed by atoms with Crippen LogP contribution in [0.2, 0.25) is 0 Å². The van der Waals surface area contributed by atoms with Crippen LogP contribution in [0.5, 0.6) is 0 Å². The Bertz CT molecular complexity index is 4360. The first kappa shape index (κ1) is 55.5. The van der Waals surface area contributed by atoms with Crippen LogP contribution in [0.15, 0.2) is 170 Å². The number of thiophene rings is 1. The maximum absolute atomic E-state index is 2.73. The zero-order chi connectivity index (χ0) is 60.0. The lowest BCUT2D eigenvalue weighted by Crippen LogP contribution is -2.62. The molecule has 0 bridgehead atoms. The summed E-state index contributed by atoms with van der Waals surface area (Å²) in [6, 6.07) is 67.5. The molecular formula is C80H84BN3S. The minimum Gasteiger partial charge on any atom is -0.311 e. The SMILES string of the molecule is Cc1cc2c(cc1N1c3ccc(C(C)(C)C)cc3B3c4cc5c(cc4N(c4cccc6c4sc4ccccc46)c4cc(N(c6ccc(C(C)(C)C)cc6)c6ccc(C(C)(C)C)cc6)cc1c43)C(C)(C)c1ccccc1C5(C)C)C(C)(C)CC2(C)C. The first-order valence-electron chi connectivity index (χ1n) is 31.2. The summed E-state index contributed by atoms with van der Waals surface area (Å²) >= 11 is 1.93. The van der Waals surface area contributed by atoms with Gasteiger partial charge in [-0.1, -0.05) is 221 Å². The summed E-state index contributed by atoms with van der Waals surface area (Å²) in [7, 11) is 0. The number of hydrogen-bond donors (Lipinski definition) is 0. The Labute approximate surface area is 511 Å². The first-order chi connectivity index (χ1) is 39.9. The van der Waals surface area contributed by atoms with Crippen molar-refractivity contribution in [3.8, 4) is 0 Å². The molecule has 85 heavy (non-hydrogen) atoms. The van der Waals surface area contributed by atoms with Crippen LogP contribution in [0.25, 0.3) is 20.2 Å². The number of rotatable bonds is 5. The van der Waals surface area contributed by atoms with E-state index >= 15 is 0 Å². The zero-order valence-corrected chi connectivity index (χ0v) is 54.5. The number of anilines is 9. The third kappa shape index (κ3) is 8.39. The molecule has 9 aromatic carbocycles. The van der Waals surface area contributed by atoms with Crippen molar-refractivity contribution in [3.05, 3.63) is 225 Å². The Kier molecular flexibility index (Phi) is 12.0. The maximum Gasteiger partial charge on any atom is 0.252 e. The highest BCUT2D eigenvalue weighted by atomic mass is 32.1. The molecule has 3 nitrogen and oxygen atoms in total. The molecule has 428 valence electrons. The van der Waals surface area contributed by atoms with Crippen LogP contribution in [0.1, 0.15) is 180 Å². The van der Waals surface area contributed by atoms with Gasteiger partial charge in [-0.05, 0) is 179 Å². The van der Waals surface area contributed by atoms with E-state index in [9.17, 15) is 0 Å². The average molecular weight is 1130 g/mol. The highest BCUT2D eigenvalue weighted by Crippen LogP contribution is 2.57. The quantitative estimate of drug-likeness (QED) is 0.159. The van der Waals surface area contributed by atoms with Crippen molar-refractivity contribution in [2.45, 2.75) is 169 Å². The lowest BCUT2D eigenvalue weighted by atomic mass is 9.33. The standard InChI is InChI=1S/C80H84BN3S/c1-48-40-59-60(78(13,14)47-77(59,11)12)45-67(48)83-65-39-34-51(76(8,9)10)41-63(65)81-64-44-61-62(80(17,18)58-27-21-20-26-57(58)79(61,15)16)46-68(64)84(66-28-23-25-56-55-24-19-22-29-71(55)85-73(56)66)70-43-54(42-69(83)72(70)81)82(52-35-30-49(31-36-52)74(2,3)4)53-37-32-50(33-38-53)75(5,6)7/h19-46H,47H2,1-18H3. The van der Waals surface area contributed by atoms with Gasteiger partial charge in [-0.15, -0.1) is 11.3 Å². The van der Waals surface area contributed by atoms with Gasteiger partial charge in [0.15, 0.2) is 0 Å². The van der Waals surface area contributed by atoms with Gasteiger partial charge in [0, 0.05) is 66.1 Å². The van der Waals surface area contributed by atoms with Gasteiger partial charge >= 0.3 is 0 Å². The Morgan fingerprint density at radius 2 is 0.882 bits per heavy atom. The van der Waals surface area contributed by atoms with Gasteiger partial charge in [0.1, 0.15) is 0 Å². The molecule has 0 unspecified atom stereocenters. The molecule has 1 aromatic heterocycles. The van der Waals surface area contributed by atoms with E-state index in [2.05, 4.69) is 309 Å². The molecule has 4 aliphatic rings. The van der Waals surface area contributed by atoms with E-state index in [-0.39, 0.29) is 44.6 Å². The molecular weight excluding hydrogens is 1050 g/mol. The first-order valence-corrected chi connectivity index (χ1v) is 32.1. The Hall–Kier alpha value is -7.34. The molecule has 10 aromatic rings. The molecule has 0 spiro atoms. The zero-order valence-electron chi connectivity index (χ0n) is 53.7. The van der Waals surface area contributed by atoms with E-state index in [1.807, 2.05) is 11.3 Å². The van der Waals surface area contributed by atoms with Crippen molar-refractivity contribution in [1.82, 2.24) is 0 Å². The Morgan fingerprint density at radius 3 is 1.46 bits per heavy atom. The molecule has 14 rings (SSSR count). The van der Waals surface area contributed by atoms with Gasteiger partial charge in [-0.25, -0.2) is 0 Å². The smallest absolute Gasteiger partial charge is 0.252 e. The van der Waals surface area contributed by atoms with Gasteiger partial charge < -0.3 is 14.7 Å². The van der Waals surface area contributed by atoms with Gasteiger partial charge in [0.05, 0.1) is 16.1 Å². The van der Waals surface area contributed by atoms with Gasteiger partial charge in [0.25, 0.3) is 6.71 Å². The molecule has 3 heterocycles. The summed E-state index contributed by atoms with van der Waals surface area (Å²) in [5.41, 5.74) is 28.0. The average Bonchev–Trinajstić information content (AvgIpc) is 1.62. The highest BCUT2D eigenvalue weighted by molar-refractivity contribution is 7.26. The van der Waals surface area contributed by atoms with Crippen molar-refractivity contribution in [3.63, 3.8) is 0 Å². The predicted molar refractivity (Wildman–Crippen MR) is 370 cm³/mol. The Morgan fingerprint density at radius 1 is 0.400 bits per heavy atom. The summed E-state index contributed by atoms with van der Waals surface area (Å²) in [6.45, 7) is 43.0. The summed E-state index contributed by atoms with van der Waals surface area (Å²) < 4.78 is 2.60. The molecule has 2 aliphatic heterocycles. The molecule has 2 aliphatic carbocycles. The largest absolute Gasteiger partial charge is 0.311 e. The minimum absolute atomic E-state index is 0.00642. The second-order valence-electron chi connectivity index (χ2n) is 31.1. The van der Waals surface area contributed by atoms with E-state index in [1.54, 1.807) is 0 Å².